The van der Waals surface area contributed by atoms with Gasteiger partial charge in [-0.15, -0.1) is 12.4 Å². The average Bonchev–Trinajstić information content (AvgIpc) is 2.90. The summed E-state index contributed by atoms with van der Waals surface area (Å²) in [6.45, 7) is 0.0693. The molecule has 4 nitrogen and oxygen atoms in total. The van der Waals surface area contributed by atoms with E-state index in [1.165, 1.54) is 18.2 Å². The van der Waals surface area contributed by atoms with E-state index >= 15 is 0 Å². The Morgan fingerprint density at radius 2 is 2.19 bits per heavy atom. The van der Waals surface area contributed by atoms with Crippen LogP contribution in [-0.2, 0) is 4.79 Å². The average molecular weight is 325 g/mol. The first-order valence-corrected chi connectivity index (χ1v) is 6.25. The summed E-state index contributed by atoms with van der Waals surface area (Å²) in [6, 6.07) is 5.94. The zero-order chi connectivity index (χ0) is 14.6. The van der Waals surface area contributed by atoms with Crippen LogP contribution in [0.5, 0.6) is 5.75 Å². The van der Waals surface area contributed by atoms with Gasteiger partial charge in [0.05, 0.1) is 5.92 Å². The van der Waals surface area contributed by atoms with Crippen molar-refractivity contribution in [2.24, 2.45) is 5.92 Å². The molecule has 0 spiro atoms. The molecule has 0 bridgehead atoms. The van der Waals surface area contributed by atoms with Crippen LogP contribution >= 0.6 is 12.4 Å². The van der Waals surface area contributed by atoms with Crippen LogP contribution in [-0.4, -0.2) is 31.8 Å². The first kappa shape index (κ1) is 17.6. The highest BCUT2D eigenvalue weighted by atomic mass is 35.5. The van der Waals surface area contributed by atoms with Crippen LogP contribution in [0.3, 0.4) is 0 Å². The summed E-state index contributed by atoms with van der Waals surface area (Å²) in [6.07, 6.45) is -3.62. The molecule has 0 radical (unpaired) electrons. The number of ether oxygens (including phenoxy) is 1. The Morgan fingerprint density at radius 3 is 2.81 bits per heavy atom. The minimum atomic E-state index is -4.38. The van der Waals surface area contributed by atoms with E-state index in [9.17, 15) is 18.0 Å². The van der Waals surface area contributed by atoms with Crippen LogP contribution in [0.4, 0.5) is 18.9 Å². The van der Waals surface area contributed by atoms with Gasteiger partial charge in [0.25, 0.3) is 0 Å². The number of carbonyl (C=O) groups excluding carboxylic acids is 1. The highest BCUT2D eigenvalue weighted by molar-refractivity contribution is 5.93. The molecular weight excluding hydrogens is 309 g/mol. The van der Waals surface area contributed by atoms with Gasteiger partial charge in [0.2, 0.25) is 5.91 Å². The third-order valence-electron chi connectivity index (χ3n) is 2.94. The van der Waals surface area contributed by atoms with Crippen LogP contribution < -0.4 is 15.4 Å². The number of anilines is 1. The van der Waals surface area contributed by atoms with E-state index in [0.29, 0.717) is 12.2 Å². The lowest BCUT2D eigenvalue weighted by atomic mass is 10.1. The molecule has 2 N–H and O–H groups in total. The fourth-order valence-electron chi connectivity index (χ4n) is 1.95. The summed E-state index contributed by atoms with van der Waals surface area (Å²) in [5.74, 6) is -0.164. The molecule has 0 aliphatic carbocycles. The van der Waals surface area contributed by atoms with Gasteiger partial charge in [-0.2, -0.15) is 13.2 Å². The molecule has 1 heterocycles. The van der Waals surface area contributed by atoms with Crippen molar-refractivity contribution in [1.29, 1.82) is 0 Å². The Hall–Kier alpha value is -1.47. The van der Waals surface area contributed by atoms with Crippen molar-refractivity contribution >= 4 is 24.0 Å². The van der Waals surface area contributed by atoms with E-state index < -0.39 is 12.8 Å². The Labute approximate surface area is 126 Å². The number of hydrogen-bond acceptors (Lipinski definition) is 3. The van der Waals surface area contributed by atoms with E-state index in [0.717, 1.165) is 13.0 Å². The van der Waals surface area contributed by atoms with Gasteiger partial charge in [0.1, 0.15) is 5.75 Å². The van der Waals surface area contributed by atoms with Crippen molar-refractivity contribution in [3.05, 3.63) is 24.3 Å². The number of nitrogens with one attached hydrogen (secondary N) is 2. The number of carbonyl (C=O) groups is 1. The molecule has 1 unspecified atom stereocenters. The molecule has 0 saturated carbocycles. The van der Waals surface area contributed by atoms with Gasteiger partial charge in [-0.05, 0) is 25.1 Å². The summed E-state index contributed by atoms with van der Waals surface area (Å²) >= 11 is 0. The highest BCUT2D eigenvalue weighted by Gasteiger charge is 2.28. The molecule has 1 atom stereocenters. The van der Waals surface area contributed by atoms with Gasteiger partial charge < -0.3 is 15.4 Å². The summed E-state index contributed by atoms with van der Waals surface area (Å²) in [7, 11) is 0. The standard InChI is InChI=1S/C13H15F3N2O2.ClH/c14-13(15,16)8-20-11-3-1-2-10(6-11)18-12(19)9-4-5-17-7-9;/h1-3,6,9,17H,4-5,7-8H2,(H,18,19);1H. The van der Waals surface area contributed by atoms with Crippen molar-refractivity contribution in [2.75, 3.05) is 25.0 Å². The minimum absolute atomic E-state index is 0. The van der Waals surface area contributed by atoms with E-state index in [-0.39, 0.29) is 30.0 Å². The van der Waals surface area contributed by atoms with Crippen molar-refractivity contribution in [3.8, 4) is 5.75 Å². The van der Waals surface area contributed by atoms with Crippen LogP contribution in [0.2, 0.25) is 0 Å². The van der Waals surface area contributed by atoms with E-state index in [1.54, 1.807) is 6.07 Å². The van der Waals surface area contributed by atoms with E-state index in [4.69, 9.17) is 0 Å². The lowest BCUT2D eigenvalue weighted by molar-refractivity contribution is -0.153. The minimum Gasteiger partial charge on any atom is -0.484 e. The van der Waals surface area contributed by atoms with Crippen molar-refractivity contribution in [3.63, 3.8) is 0 Å². The van der Waals surface area contributed by atoms with Gasteiger partial charge in [-0.25, -0.2) is 0 Å². The molecule has 1 fully saturated rings. The van der Waals surface area contributed by atoms with Crippen LogP contribution in [0.1, 0.15) is 6.42 Å². The number of hydrogen-bond donors (Lipinski definition) is 2. The van der Waals surface area contributed by atoms with Crippen LogP contribution in [0.25, 0.3) is 0 Å². The molecule has 118 valence electrons. The molecule has 1 aliphatic rings. The zero-order valence-corrected chi connectivity index (χ0v) is 11.9. The molecule has 1 amide bonds. The smallest absolute Gasteiger partial charge is 0.422 e. The van der Waals surface area contributed by atoms with Crippen molar-refractivity contribution < 1.29 is 22.7 Å². The first-order valence-electron chi connectivity index (χ1n) is 6.25. The Morgan fingerprint density at radius 1 is 1.43 bits per heavy atom. The number of rotatable bonds is 4. The molecular formula is C13H16ClF3N2O2. The number of alkyl halides is 3. The summed E-state index contributed by atoms with van der Waals surface area (Å²) in [5.41, 5.74) is 0.432. The van der Waals surface area contributed by atoms with E-state index in [2.05, 4.69) is 15.4 Å². The predicted molar refractivity (Wildman–Crippen MR) is 74.8 cm³/mol. The Kier molecular flexibility index (Phi) is 6.29. The molecule has 8 heteroatoms. The summed E-state index contributed by atoms with van der Waals surface area (Å²) < 4.78 is 40.8. The van der Waals surface area contributed by atoms with Crippen molar-refractivity contribution in [1.82, 2.24) is 5.32 Å². The number of benzene rings is 1. The fraction of sp³-hybridized carbons (Fsp3) is 0.462. The lowest BCUT2D eigenvalue weighted by Crippen LogP contribution is -2.24. The van der Waals surface area contributed by atoms with Gasteiger partial charge >= 0.3 is 6.18 Å². The molecule has 21 heavy (non-hydrogen) atoms. The third kappa shape index (κ3) is 5.81. The zero-order valence-electron chi connectivity index (χ0n) is 11.1. The quantitative estimate of drug-likeness (QED) is 0.895. The molecule has 1 aromatic carbocycles. The topological polar surface area (TPSA) is 50.4 Å². The fourth-order valence-corrected chi connectivity index (χ4v) is 1.95. The molecule has 1 saturated heterocycles. The van der Waals surface area contributed by atoms with Gasteiger partial charge in [-0.1, -0.05) is 6.07 Å². The van der Waals surface area contributed by atoms with E-state index in [1.807, 2.05) is 0 Å². The third-order valence-corrected chi connectivity index (χ3v) is 2.94. The largest absolute Gasteiger partial charge is 0.484 e. The lowest BCUT2D eigenvalue weighted by Gasteiger charge is -2.12. The monoisotopic (exact) mass is 324 g/mol. The van der Waals surface area contributed by atoms with Crippen molar-refractivity contribution in [2.45, 2.75) is 12.6 Å². The normalized spacial score (nSPS) is 18.0. The van der Waals surface area contributed by atoms with Crippen LogP contribution in [0, 0.1) is 5.92 Å². The van der Waals surface area contributed by atoms with Crippen LogP contribution in [0.15, 0.2) is 24.3 Å². The second kappa shape index (κ2) is 7.51. The predicted octanol–water partition coefficient (Wildman–Crippen LogP) is 2.60. The van der Waals surface area contributed by atoms with Gasteiger partial charge in [-0.3, -0.25) is 4.79 Å². The molecule has 0 aromatic heterocycles. The van der Waals surface area contributed by atoms with Gasteiger partial charge in [0, 0.05) is 18.3 Å². The Balaban J connectivity index is 0.00000220. The maximum absolute atomic E-state index is 12.1. The number of halogens is 4. The summed E-state index contributed by atoms with van der Waals surface area (Å²) in [5, 5.41) is 5.76. The maximum Gasteiger partial charge on any atom is 0.422 e. The second-order valence-corrected chi connectivity index (χ2v) is 4.61. The maximum atomic E-state index is 12.1. The first-order chi connectivity index (χ1) is 9.44. The molecule has 1 aliphatic heterocycles. The molecule has 2 rings (SSSR count). The SMILES string of the molecule is Cl.O=C(Nc1cccc(OCC(F)(F)F)c1)C1CCNC1. The number of amides is 1. The highest BCUT2D eigenvalue weighted by Crippen LogP contribution is 2.22. The molecule has 1 aromatic rings. The Bertz CT molecular complexity index is 477. The summed E-state index contributed by atoms with van der Waals surface area (Å²) in [4.78, 5) is 11.9. The van der Waals surface area contributed by atoms with Gasteiger partial charge in [0.15, 0.2) is 6.61 Å². The second-order valence-electron chi connectivity index (χ2n) is 4.61.